The Morgan fingerprint density at radius 3 is 2.61 bits per heavy atom. The monoisotopic (exact) mass is 484 g/mol. The normalized spacial score (nSPS) is 16.9. The van der Waals surface area contributed by atoms with Crippen molar-refractivity contribution in [3.63, 3.8) is 0 Å². The molecule has 180 valence electrons. The number of nitrogens with one attached hydrogen (secondary N) is 1. The van der Waals surface area contributed by atoms with Crippen LogP contribution in [0.5, 0.6) is 11.5 Å². The SMILES string of the molecule is CC1=C(c2nc(-c3ccc(F)cc3)no2)C(c2ccccc2)NC(=O)N1Cc1ccc2c(c1)OCO2. The average molecular weight is 484 g/mol. The molecule has 0 aliphatic carbocycles. The summed E-state index contributed by atoms with van der Waals surface area (Å²) in [6.45, 7) is 2.34. The molecular weight excluding hydrogens is 463 g/mol. The molecule has 1 atom stereocenters. The maximum atomic E-state index is 13.4. The van der Waals surface area contributed by atoms with Crippen LogP contribution in [0.1, 0.15) is 30.0 Å². The fourth-order valence-corrected chi connectivity index (χ4v) is 4.42. The molecule has 1 unspecified atom stereocenters. The van der Waals surface area contributed by atoms with E-state index in [0.717, 1.165) is 11.1 Å². The zero-order valence-corrected chi connectivity index (χ0v) is 19.3. The molecule has 0 spiro atoms. The van der Waals surface area contributed by atoms with Gasteiger partial charge in [-0.25, -0.2) is 9.18 Å². The van der Waals surface area contributed by atoms with Gasteiger partial charge in [-0.15, -0.1) is 0 Å². The number of allylic oxidation sites excluding steroid dienone is 1. The van der Waals surface area contributed by atoms with E-state index in [2.05, 4.69) is 15.5 Å². The van der Waals surface area contributed by atoms with Gasteiger partial charge in [0.05, 0.1) is 18.2 Å². The number of hydrogen-bond acceptors (Lipinski definition) is 6. The summed E-state index contributed by atoms with van der Waals surface area (Å²) in [6, 6.07) is 20.3. The van der Waals surface area contributed by atoms with E-state index in [9.17, 15) is 9.18 Å². The summed E-state index contributed by atoms with van der Waals surface area (Å²) in [6.07, 6.45) is 0. The first-order chi connectivity index (χ1) is 17.6. The number of carbonyl (C=O) groups excluding carboxylic acids is 1. The van der Waals surface area contributed by atoms with Crippen LogP contribution in [0.2, 0.25) is 0 Å². The maximum Gasteiger partial charge on any atom is 0.322 e. The summed E-state index contributed by atoms with van der Waals surface area (Å²) in [5, 5.41) is 7.20. The van der Waals surface area contributed by atoms with Crippen LogP contribution in [-0.4, -0.2) is 27.9 Å². The number of rotatable bonds is 5. The Labute approximate surface area is 206 Å². The smallest absolute Gasteiger partial charge is 0.322 e. The van der Waals surface area contributed by atoms with Crippen LogP contribution >= 0.6 is 0 Å². The summed E-state index contributed by atoms with van der Waals surface area (Å²) in [4.78, 5) is 19.5. The van der Waals surface area contributed by atoms with Gasteiger partial charge >= 0.3 is 6.03 Å². The molecule has 0 saturated carbocycles. The lowest BCUT2D eigenvalue weighted by Gasteiger charge is -2.35. The summed E-state index contributed by atoms with van der Waals surface area (Å²) < 4.78 is 30.0. The highest BCUT2D eigenvalue weighted by Crippen LogP contribution is 2.39. The van der Waals surface area contributed by atoms with Crippen molar-refractivity contribution in [3.8, 4) is 22.9 Å². The van der Waals surface area contributed by atoms with Gasteiger partial charge < -0.3 is 19.3 Å². The van der Waals surface area contributed by atoms with Crippen LogP contribution in [-0.2, 0) is 6.54 Å². The molecule has 1 aromatic heterocycles. The Hall–Kier alpha value is -4.66. The maximum absolute atomic E-state index is 13.4. The number of urea groups is 1. The van der Waals surface area contributed by atoms with E-state index in [4.69, 9.17) is 14.0 Å². The highest BCUT2D eigenvalue weighted by molar-refractivity contribution is 5.87. The van der Waals surface area contributed by atoms with Gasteiger partial charge in [-0.2, -0.15) is 4.98 Å². The van der Waals surface area contributed by atoms with Crippen molar-refractivity contribution in [1.82, 2.24) is 20.4 Å². The molecular formula is C27H21FN4O4. The first-order valence-corrected chi connectivity index (χ1v) is 11.4. The second-order valence-electron chi connectivity index (χ2n) is 8.50. The van der Waals surface area contributed by atoms with Gasteiger partial charge in [0.1, 0.15) is 5.82 Å². The lowest BCUT2D eigenvalue weighted by Crippen LogP contribution is -2.45. The zero-order chi connectivity index (χ0) is 24.6. The molecule has 2 amide bonds. The lowest BCUT2D eigenvalue weighted by molar-refractivity contribution is 0.174. The molecule has 0 bridgehead atoms. The van der Waals surface area contributed by atoms with E-state index in [1.54, 1.807) is 17.0 Å². The minimum Gasteiger partial charge on any atom is -0.454 e. The van der Waals surface area contributed by atoms with Crippen molar-refractivity contribution in [2.24, 2.45) is 0 Å². The van der Waals surface area contributed by atoms with Crippen LogP contribution in [0.4, 0.5) is 9.18 Å². The summed E-state index contributed by atoms with van der Waals surface area (Å²) in [5.41, 5.74) is 3.74. The van der Waals surface area contributed by atoms with E-state index in [1.165, 1.54) is 12.1 Å². The van der Waals surface area contributed by atoms with Crippen LogP contribution in [0.25, 0.3) is 17.0 Å². The quantitative estimate of drug-likeness (QED) is 0.413. The molecule has 4 aromatic rings. The molecule has 3 aromatic carbocycles. The van der Waals surface area contributed by atoms with Gasteiger partial charge in [0.25, 0.3) is 5.89 Å². The fraction of sp³-hybridized carbons (Fsp3) is 0.148. The highest BCUT2D eigenvalue weighted by Gasteiger charge is 2.36. The molecule has 2 aliphatic heterocycles. The number of hydrogen-bond donors (Lipinski definition) is 1. The van der Waals surface area contributed by atoms with Crippen molar-refractivity contribution in [3.05, 3.63) is 101 Å². The molecule has 2 aliphatic rings. The molecule has 0 radical (unpaired) electrons. The fourth-order valence-electron chi connectivity index (χ4n) is 4.42. The van der Waals surface area contributed by atoms with Gasteiger partial charge in [0.15, 0.2) is 11.5 Å². The first-order valence-electron chi connectivity index (χ1n) is 11.4. The van der Waals surface area contributed by atoms with Gasteiger partial charge in [-0.3, -0.25) is 4.90 Å². The third-order valence-electron chi connectivity index (χ3n) is 6.27. The van der Waals surface area contributed by atoms with Gasteiger partial charge in [0.2, 0.25) is 12.6 Å². The number of aromatic nitrogens is 2. The number of nitrogens with zero attached hydrogens (tertiary/aromatic N) is 3. The largest absolute Gasteiger partial charge is 0.454 e. The molecule has 0 fully saturated rings. The summed E-state index contributed by atoms with van der Waals surface area (Å²) in [5.74, 6) is 1.58. The Kier molecular flexibility index (Phi) is 5.37. The molecule has 6 rings (SSSR count). The molecule has 1 N–H and O–H groups in total. The molecule has 3 heterocycles. The number of fused-ring (bicyclic) bond motifs is 1. The predicted octanol–water partition coefficient (Wildman–Crippen LogP) is 5.30. The third-order valence-corrected chi connectivity index (χ3v) is 6.27. The predicted molar refractivity (Wildman–Crippen MR) is 128 cm³/mol. The Balaban J connectivity index is 1.41. The van der Waals surface area contributed by atoms with Crippen molar-refractivity contribution in [2.75, 3.05) is 6.79 Å². The minimum absolute atomic E-state index is 0.179. The second-order valence-corrected chi connectivity index (χ2v) is 8.50. The van der Waals surface area contributed by atoms with E-state index in [1.807, 2.05) is 55.5 Å². The summed E-state index contributed by atoms with van der Waals surface area (Å²) >= 11 is 0. The van der Waals surface area contributed by atoms with E-state index >= 15 is 0 Å². The van der Waals surface area contributed by atoms with Crippen LogP contribution in [0.15, 0.2) is 83.0 Å². The van der Waals surface area contributed by atoms with Gasteiger partial charge in [-0.05, 0) is 54.4 Å². The Bertz CT molecular complexity index is 1470. The summed E-state index contributed by atoms with van der Waals surface area (Å²) in [7, 11) is 0. The zero-order valence-electron chi connectivity index (χ0n) is 19.3. The molecule has 0 saturated heterocycles. The molecule has 8 nitrogen and oxygen atoms in total. The van der Waals surface area contributed by atoms with E-state index in [-0.39, 0.29) is 24.5 Å². The topological polar surface area (TPSA) is 89.7 Å². The van der Waals surface area contributed by atoms with Crippen molar-refractivity contribution >= 4 is 11.6 Å². The molecule has 9 heteroatoms. The van der Waals surface area contributed by atoms with Crippen molar-refractivity contribution < 1.29 is 23.2 Å². The van der Waals surface area contributed by atoms with Crippen LogP contribution < -0.4 is 14.8 Å². The molecule has 36 heavy (non-hydrogen) atoms. The Morgan fingerprint density at radius 2 is 1.81 bits per heavy atom. The van der Waals surface area contributed by atoms with Gasteiger partial charge in [-0.1, -0.05) is 41.6 Å². The standard InChI is InChI=1S/C27H21FN4O4/c1-16-23(26-30-25(31-36-26)19-8-10-20(28)11-9-19)24(18-5-3-2-4-6-18)29-27(33)32(16)14-17-7-12-21-22(13-17)35-15-34-21/h2-13,24H,14-15H2,1H3,(H,29,33). The minimum atomic E-state index is -0.492. The number of benzene rings is 3. The third kappa shape index (κ3) is 3.94. The number of halogens is 1. The Morgan fingerprint density at radius 1 is 1.03 bits per heavy atom. The number of carbonyl (C=O) groups is 1. The number of ether oxygens (including phenoxy) is 2. The van der Waals surface area contributed by atoms with Crippen molar-refractivity contribution in [1.29, 1.82) is 0 Å². The van der Waals surface area contributed by atoms with E-state index < -0.39 is 6.04 Å². The van der Waals surface area contributed by atoms with E-state index in [0.29, 0.717) is 40.7 Å². The number of amides is 2. The van der Waals surface area contributed by atoms with Gasteiger partial charge in [0, 0.05) is 11.3 Å². The average Bonchev–Trinajstić information content (AvgIpc) is 3.57. The van der Waals surface area contributed by atoms with Crippen LogP contribution in [0.3, 0.4) is 0 Å². The van der Waals surface area contributed by atoms with Crippen molar-refractivity contribution in [2.45, 2.75) is 19.5 Å². The lowest BCUT2D eigenvalue weighted by atomic mass is 9.94. The second kappa shape index (κ2) is 8.84. The first kappa shape index (κ1) is 21.8. The van der Waals surface area contributed by atoms with Crippen LogP contribution in [0, 0.1) is 5.82 Å². The highest BCUT2D eigenvalue weighted by atomic mass is 19.1.